The fourth-order valence-corrected chi connectivity index (χ4v) is 3.57. The van der Waals surface area contributed by atoms with E-state index >= 15 is 0 Å². The van der Waals surface area contributed by atoms with Crippen molar-refractivity contribution in [3.63, 3.8) is 0 Å². The van der Waals surface area contributed by atoms with Gasteiger partial charge >= 0.3 is 0 Å². The highest BCUT2D eigenvalue weighted by atomic mass is 32.2. The number of amides is 1. The molecule has 1 aromatic heterocycles. The van der Waals surface area contributed by atoms with E-state index in [1.54, 1.807) is 32.2 Å². The molecule has 1 atom stereocenters. The van der Waals surface area contributed by atoms with Crippen molar-refractivity contribution in [1.82, 2.24) is 14.8 Å². The molecule has 6 nitrogen and oxygen atoms in total. The van der Waals surface area contributed by atoms with E-state index in [1.807, 2.05) is 28.8 Å². The summed E-state index contributed by atoms with van der Waals surface area (Å²) in [5.74, 6) is 0.483. The number of rotatable bonds is 8. The number of aromatic nitrogens is 3. The molecule has 2 aromatic carbocycles. The topological polar surface area (TPSA) is 69.0 Å². The van der Waals surface area contributed by atoms with Crippen molar-refractivity contribution in [2.24, 2.45) is 0 Å². The first-order valence-electron chi connectivity index (χ1n) is 8.94. The molecule has 0 aliphatic heterocycles. The van der Waals surface area contributed by atoms with Crippen LogP contribution in [0.4, 0.5) is 10.1 Å². The Morgan fingerprint density at radius 2 is 2.00 bits per heavy atom. The normalized spacial score (nSPS) is 11.7. The predicted molar refractivity (Wildman–Crippen MR) is 113 cm³/mol. The summed E-state index contributed by atoms with van der Waals surface area (Å²) in [6, 6.07) is 13.6. The molecule has 0 saturated heterocycles. The number of carbonyl (C=O) groups is 1. The van der Waals surface area contributed by atoms with E-state index in [2.05, 4.69) is 22.1 Å². The zero-order valence-corrected chi connectivity index (χ0v) is 16.9. The van der Waals surface area contributed by atoms with Crippen molar-refractivity contribution in [1.29, 1.82) is 0 Å². The van der Waals surface area contributed by atoms with E-state index in [0.717, 1.165) is 5.56 Å². The molecule has 0 radical (unpaired) electrons. The number of carbonyl (C=O) groups excluding carboxylic acids is 1. The van der Waals surface area contributed by atoms with E-state index in [0.29, 0.717) is 23.3 Å². The number of thioether (sulfide) groups is 1. The monoisotopic (exact) mass is 412 g/mol. The lowest BCUT2D eigenvalue weighted by Crippen LogP contribution is -2.23. The van der Waals surface area contributed by atoms with Crippen LogP contribution in [0.3, 0.4) is 0 Å². The van der Waals surface area contributed by atoms with Crippen LogP contribution in [-0.2, 0) is 11.3 Å². The smallest absolute Gasteiger partial charge is 0.237 e. The molecule has 0 aliphatic rings. The van der Waals surface area contributed by atoms with Crippen molar-refractivity contribution in [3.8, 4) is 17.1 Å². The van der Waals surface area contributed by atoms with Gasteiger partial charge in [0.1, 0.15) is 11.6 Å². The zero-order chi connectivity index (χ0) is 20.8. The average Bonchev–Trinajstić information content (AvgIpc) is 3.12. The Balaban J connectivity index is 1.83. The second-order valence-electron chi connectivity index (χ2n) is 6.13. The largest absolute Gasteiger partial charge is 0.496 e. The first-order chi connectivity index (χ1) is 14.0. The predicted octanol–water partition coefficient (Wildman–Crippen LogP) is 4.40. The van der Waals surface area contributed by atoms with Gasteiger partial charge in [-0.3, -0.25) is 9.36 Å². The third-order valence-corrected chi connectivity index (χ3v) is 5.24. The number of ether oxygens (including phenoxy) is 1. The number of para-hydroxylation sites is 2. The van der Waals surface area contributed by atoms with Gasteiger partial charge in [-0.05, 0) is 31.2 Å². The summed E-state index contributed by atoms with van der Waals surface area (Å²) in [5.41, 5.74) is 0.937. The number of methoxy groups -OCH3 is 1. The molecule has 0 spiro atoms. The van der Waals surface area contributed by atoms with Gasteiger partial charge in [0, 0.05) is 6.54 Å². The third-order valence-electron chi connectivity index (χ3n) is 4.16. The minimum absolute atomic E-state index is 0.146. The van der Waals surface area contributed by atoms with Crippen LogP contribution in [0.15, 0.2) is 66.3 Å². The minimum atomic E-state index is -0.520. The highest BCUT2D eigenvalue weighted by Crippen LogP contribution is 2.32. The molecule has 3 aromatic rings. The second-order valence-corrected chi connectivity index (χ2v) is 7.44. The SMILES string of the molecule is C=CCn1c(S[C@H](C)C(=O)Nc2ccccc2F)nnc1-c1ccccc1OC. The summed E-state index contributed by atoms with van der Waals surface area (Å²) in [5, 5.41) is 11.2. The molecule has 1 heterocycles. The standard InChI is InChI=1S/C21H21FN4O2S/c1-4-13-26-19(15-9-5-8-12-18(15)28-3)24-25-21(26)29-14(2)20(27)23-17-11-7-6-10-16(17)22/h4-12,14H,1,13H2,2-3H3,(H,23,27)/t14-/m1/s1. The van der Waals surface area contributed by atoms with Gasteiger partial charge in [0.25, 0.3) is 0 Å². The van der Waals surface area contributed by atoms with Gasteiger partial charge in [-0.1, -0.05) is 42.1 Å². The Labute approximate surface area is 172 Å². The highest BCUT2D eigenvalue weighted by molar-refractivity contribution is 8.00. The Morgan fingerprint density at radius 1 is 1.28 bits per heavy atom. The van der Waals surface area contributed by atoms with Crippen LogP contribution in [0.5, 0.6) is 5.75 Å². The Kier molecular flexibility index (Phi) is 6.66. The van der Waals surface area contributed by atoms with E-state index in [1.165, 1.54) is 23.9 Å². The number of allylic oxidation sites excluding steroid dienone is 1. The van der Waals surface area contributed by atoms with Crippen LogP contribution in [0.25, 0.3) is 11.4 Å². The molecule has 0 bridgehead atoms. The van der Waals surface area contributed by atoms with E-state index in [4.69, 9.17) is 4.74 Å². The van der Waals surface area contributed by atoms with Crippen LogP contribution in [0.2, 0.25) is 0 Å². The number of hydrogen-bond acceptors (Lipinski definition) is 5. The second kappa shape index (κ2) is 9.38. The number of nitrogens with zero attached hydrogens (tertiary/aromatic N) is 3. The molecule has 0 saturated carbocycles. The van der Waals surface area contributed by atoms with Crippen LogP contribution in [0, 0.1) is 5.82 Å². The number of halogens is 1. The number of nitrogens with one attached hydrogen (secondary N) is 1. The molecule has 0 aliphatic carbocycles. The van der Waals surface area contributed by atoms with Gasteiger partial charge in [0.05, 0.1) is 23.6 Å². The fourth-order valence-electron chi connectivity index (χ4n) is 2.71. The summed E-state index contributed by atoms with van der Waals surface area (Å²) in [6.07, 6.45) is 1.73. The summed E-state index contributed by atoms with van der Waals surface area (Å²) in [6.45, 7) is 5.99. The summed E-state index contributed by atoms with van der Waals surface area (Å²) < 4.78 is 21.1. The van der Waals surface area contributed by atoms with Gasteiger partial charge in [0.15, 0.2) is 11.0 Å². The number of anilines is 1. The van der Waals surface area contributed by atoms with Gasteiger partial charge < -0.3 is 10.1 Å². The maximum absolute atomic E-state index is 13.8. The summed E-state index contributed by atoms with van der Waals surface area (Å²) in [4.78, 5) is 12.5. The van der Waals surface area contributed by atoms with Crippen LogP contribution >= 0.6 is 11.8 Å². The first kappa shape index (κ1) is 20.6. The molecule has 150 valence electrons. The van der Waals surface area contributed by atoms with Crippen molar-refractivity contribution >= 4 is 23.4 Å². The maximum atomic E-state index is 13.8. The Morgan fingerprint density at radius 3 is 2.72 bits per heavy atom. The molecule has 8 heteroatoms. The molecular weight excluding hydrogens is 391 g/mol. The third kappa shape index (κ3) is 4.65. The van der Waals surface area contributed by atoms with E-state index in [-0.39, 0.29) is 11.6 Å². The van der Waals surface area contributed by atoms with E-state index < -0.39 is 11.1 Å². The molecule has 0 unspecified atom stereocenters. The van der Waals surface area contributed by atoms with Crippen molar-refractivity contribution < 1.29 is 13.9 Å². The lowest BCUT2D eigenvalue weighted by molar-refractivity contribution is -0.115. The number of hydrogen-bond donors (Lipinski definition) is 1. The van der Waals surface area contributed by atoms with E-state index in [9.17, 15) is 9.18 Å². The van der Waals surface area contributed by atoms with Crippen LogP contribution in [-0.4, -0.2) is 33.0 Å². The molecule has 3 rings (SSSR count). The van der Waals surface area contributed by atoms with Crippen molar-refractivity contribution in [3.05, 3.63) is 67.0 Å². The summed E-state index contributed by atoms with van der Waals surface area (Å²) >= 11 is 1.24. The molecule has 1 amide bonds. The quantitative estimate of drug-likeness (QED) is 0.439. The first-order valence-corrected chi connectivity index (χ1v) is 9.82. The molecule has 0 fully saturated rings. The molecule has 1 N–H and O–H groups in total. The van der Waals surface area contributed by atoms with Crippen molar-refractivity contribution in [2.75, 3.05) is 12.4 Å². The Hall–Kier alpha value is -3.13. The molecule has 29 heavy (non-hydrogen) atoms. The number of benzene rings is 2. The average molecular weight is 412 g/mol. The Bertz CT molecular complexity index is 1020. The highest BCUT2D eigenvalue weighted by Gasteiger charge is 2.22. The van der Waals surface area contributed by atoms with Gasteiger partial charge in [-0.2, -0.15) is 0 Å². The molecular formula is C21H21FN4O2S. The fraction of sp³-hybridized carbons (Fsp3) is 0.190. The minimum Gasteiger partial charge on any atom is -0.496 e. The lowest BCUT2D eigenvalue weighted by Gasteiger charge is -2.14. The zero-order valence-electron chi connectivity index (χ0n) is 16.1. The maximum Gasteiger partial charge on any atom is 0.237 e. The van der Waals surface area contributed by atoms with Crippen LogP contribution in [0.1, 0.15) is 6.92 Å². The van der Waals surface area contributed by atoms with Crippen LogP contribution < -0.4 is 10.1 Å². The van der Waals surface area contributed by atoms with Gasteiger partial charge in [-0.15, -0.1) is 16.8 Å². The van der Waals surface area contributed by atoms with Gasteiger partial charge in [0.2, 0.25) is 5.91 Å². The van der Waals surface area contributed by atoms with Crippen molar-refractivity contribution in [2.45, 2.75) is 23.9 Å². The lowest BCUT2D eigenvalue weighted by atomic mass is 10.2. The van der Waals surface area contributed by atoms with Gasteiger partial charge in [-0.25, -0.2) is 4.39 Å². The summed E-state index contributed by atoms with van der Waals surface area (Å²) in [7, 11) is 1.60.